The van der Waals surface area contributed by atoms with Gasteiger partial charge in [0.2, 0.25) is 10.0 Å². The smallest absolute Gasteiger partial charge is 0.242 e. The summed E-state index contributed by atoms with van der Waals surface area (Å²) in [7, 11) is -3.55. The SMILES string of the molecule is CC1(NS(=O)(=O)c2cnc(Cl)c(Cl)c2)CC1. The fraction of sp³-hybridized carbons (Fsp3) is 0.444. The molecule has 16 heavy (non-hydrogen) atoms. The van der Waals surface area contributed by atoms with Crippen LogP contribution in [0.1, 0.15) is 19.8 Å². The number of sulfonamides is 1. The normalized spacial score (nSPS) is 18.4. The molecule has 0 radical (unpaired) electrons. The minimum atomic E-state index is -3.55. The van der Waals surface area contributed by atoms with E-state index in [2.05, 4.69) is 9.71 Å². The number of hydrogen-bond donors (Lipinski definition) is 1. The van der Waals surface area contributed by atoms with Crippen LogP contribution in [0.25, 0.3) is 0 Å². The van der Waals surface area contributed by atoms with Gasteiger partial charge in [0.05, 0.1) is 5.02 Å². The van der Waals surface area contributed by atoms with Gasteiger partial charge in [-0.05, 0) is 25.8 Å². The van der Waals surface area contributed by atoms with Gasteiger partial charge in [-0.2, -0.15) is 0 Å². The Labute approximate surface area is 104 Å². The van der Waals surface area contributed by atoms with E-state index in [1.165, 1.54) is 12.3 Å². The zero-order valence-corrected chi connectivity index (χ0v) is 10.8. The van der Waals surface area contributed by atoms with Crippen molar-refractivity contribution < 1.29 is 8.42 Å². The van der Waals surface area contributed by atoms with Crippen molar-refractivity contribution in [3.05, 3.63) is 22.4 Å². The Morgan fingerprint density at radius 3 is 2.56 bits per heavy atom. The van der Waals surface area contributed by atoms with E-state index in [0.29, 0.717) is 0 Å². The molecule has 1 aromatic rings. The van der Waals surface area contributed by atoms with Crippen molar-refractivity contribution in [3.63, 3.8) is 0 Å². The number of nitrogens with one attached hydrogen (secondary N) is 1. The largest absolute Gasteiger partial charge is 0.242 e. The van der Waals surface area contributed by atoms with Crippen molar-refractivity contribution in [2.45, 2.75) is 30.2 Å². The predicted molar refractivity (Wildman–Crippen MR) is 62.2 cm³/mol. The van der Waals surface area contributed by atoms with Gasteiger partial charge >= 0.3 is 0 Å². The molecule has 1 N–H and O–H groups in total. The Morgan fingerprint density at radius 1 is 1.44 bits per heavy atom. The fourth-order valence-electron chi connectivity index (χ4n) is 1.22. The Bertz CT molecular complexity index is 526. The van der Waals surface area contributed by atoms with E-state index >= 15 is 0 Å². The first kappa shape index (κ1) is 12.1. The summed E-state index contributed by atoms with van der Waals surface area (Å²) in [6.07, 6.45) is 2.89. The highest BCUT2D eigenvalue weighted by Crippen LogP contribution is 2.36. The molecule has 1 aliphatic carbocycles. The van der Waals surface area contributed by atoms with Gasteiger partial charge in [-0.1, -0.05) is 23.2 Å². The van der Waals surface area contributed by atoms with Gasteiger partial charge in [0, 0.05) is 11.7 Å². The van der Waals surface area contributed by atoms with Crippen LogP contribution in [0.5, 0.6) is 0 Å². The van der Waals surface area contributed by atoms with Gasteiger partial charge in [-0.3, -0.25) is 0 Å². The van der Waals surface area contributed by atoms with E-state index < -0.39 is 10.0 Å². The quantitative estimate of drug-likeness (QED) is 0.864. The molecule has 1 fully saturated rings. The molecule has 7 heteroatoms. The number of rotatable bonds is 3. The Hall–Kier alpha value is -0.360. The zero-order valence-electron chi connectivity index (χ0n) is 8.50. The summed E-state index contributed by atoms with van der Waals surface area (Å²) in [5.74, 6) is 0. The molecule has 0 aromatic carbocycles. The molecule has 0 saturated heterocycles. The molecular formula is C9H10Cl2N2O2S. The number of hydrogen-bond acceptors (Lipinski definition) is 3. The van der Waals surface area contributed by atoms with Crippen molar-refractivity contribution >= 4 is 33.2 Å². The minimum Gasteiger partial charge on any atom is -0.242 e. The highest BCUT2D eigenvalue weighted by atomic mass is 35.5. The van der Waals surface area contributed by atoms with Crippen LogP contribution in [0.2, 0.25) is 10.2 Å². The third kappa shape index (κ3) is 2.48. The lowest BCUT2D eigenvalue weighted by atomic mass is 10.4. The molecule has 0 spiro atoms. The van der Waals surface area contributed by atoms with Crippen molar-refractivity contribution in [3.8, 4) is 0 Å². The average Bonchev–Trinajstić information content (AvgIpc) is 2.86. The van der Waals surface area contributed by atoms with Crippen LogP contribution < -0.4 is 4.72 Å². The monoisotopic (exact) mass is 280 g/mol. The van der Waals surface area contributed by atoms with Gasteiger partial charge in [-0.15, -0.1) is 0 Å². The van der Waals surface area contributed by atoms with Crippen LogP contribution >= 0.6 is 23.2 Å². The molecule has 1 heterocycles. The molecular weight excluding hydrogens is 271 g/mol. The molecule has 4 nitrogen and oxygen atoms in total. The second kappa shape index (κ2) is 3.84. The first-order valence-corrected chi connectivity index (χ1v) is 6.91. The molecule has 0 aliphatic heterocycles. The Morgan fingerprint density at radius 2 is 2.06 bits per heavy atom. The summed E-state index contributed by atoms with van der Waals surface area (Å²) < 4.78 is 26.4. The van der Waals surface area contributed by atoms with Gasteiger partial charge in [-0.25, -0.2) is 18.1 Å². The molecule has 0 bridgehead atoms. The number of halogens is 2. The summed E-state index contributed by atoms with van der Waals surface area (Å²) in [6.45, 7) is 1.86. The first-order valence-electron chi connectivity index (χ1n) is 4.67. The highest BCUT2D eigenvalue weighted by molar-refractivity contribution is 7.89. The summed E-state index contributed by atoms with van der Waals surface area (Å²) in [6, 6.07) is 1.30. The number of nitrogens with zero attached hydrogens (tertiary/aromatic N) is 1. The standard InChI is InChI=1S/C9H10Cl2N2O2S/c1-9(2-3-9)13-16(14,15)6-4-7(10)8(11)12-5-6/h4-5,13H,2-3H2,1H3. The highest BCUT2D eigenvalue weighted by Gasteiger charge is 2.41. The number of aromatic nitrogens is 1. The van der Waals surface area contributed by atoms with Crippen molar-refractivity contribution in [2.75, 3.05) is 0 Å². The predicted octanol–water partition coefficient (Wildman–Crippen LogP) is 2.22. The maximum atomic E-state index is 11.9. The van der Waals surface area contributed by atoms with Crippen molar-refractivity contribution in [1.29, 1.82) is 0 Å². The molecule has 0 atom stereocenters. The second-order valence-corrected chi connectivity index (χ2v) is 6.56. The lowest BCUT2D eigenvalue weighted by Crippen LogP contribution is -2.34. The average molecular weight is 281 g/mol. The zero-order chi connectivity index (χ0) is 12.0. The van der Waals surface area contributed by atoms with Crippen LogP contribution in [0.4, 0.5) is 0 Å². The third-order valence-electron chi connectivity index (χ3n) is 2.46. The second-order valence-electron chi connectivity index (χ2n) is 4.11. The van der Waals surface area contributed by atoms with E-state index in [1.54, 1.807) is 0 Å². The summed E-state index contributed by atoms with van der Waals surface area (Å²) >= 11 is 11.3. The van der Waals surface area contributed by atoms with E-state index in [4.69, 9.17) is 23.2 Å². The van der Waals surface area contributed by atoms with Crippen LogP contribution in [0.15, 0.2) is 17.2 Å². The lowest BCUT2D eigenvalue weighted by Gasteiger charge is -2.12. The lowest BCUT2D eigenvalue weighted by molar-refractivity contribution is 0.557. The van der Waals surface area contributed by atoms with Crippen LogP contribution in [0, 0.1) is 0 Å². The fourth-order valence-corrected chi connectivity index (χ4v) is 2.99. The minimum absolute atomic E-state index is 0.0371. The molecule has 2 rings (SSSR count). The van der Waals surface area contributed by atoms with Gasteiger partial charge in [0.1, 0.15) is 10.0 Å². The third-order valence-corrected chi connectivity index (χ3v) is 4.75. The Kier molecular flexibility index (Phi) is 2.90. The van der Waals surface area contributed by atoms with Gasteiger partial charge in [0.25, 0.3) is 0 Å². The Balaban J connectivity index is 2.32. The van der Waals surface area contributed by atoms with Crippen molar-refractivity contribution in [2.24, 2.45) is 0 Å². The molecule has 88 valence electrons. The van der Waals surface area contributed by atoms with Crippen molar-refractivity contribution in [1.82, 2.24) is 9.71 Å². The summed E-state index contributed by atoms with van der Waals surface area (Å²) in [5.41, 5.74) is -0.315. The van der Waals surface area contributed by atoms with Gasteiger partial charge in [0.15, 0.2) is 0 Å². The van der Waals surface area contributed by atoms with Gasteiger partial charge < -0.3 is 0 Å². The van der Waals surface area contributed by atoms with E-state index in [1.807, 2.05) is 6.92 Å². The molecule has 0 amide bonds. The molecule has 1 saturated carbocycles. The molecule has 0 unspecified atom stereocenters. The van der Waals surface area contributed by atoms with Crippen LogP contribution in [-0.4, -0.2) is 18.9 Å². The molecule has 1 aliphatic rings. The summed E-state index contributed by atoms with van der Waals surface area (Å²) in [5, 5.41) is 0.226. The topological polar surface area (TPSA) is 59.1 Å². The van der Waals surface area contributed by atoms with E-state index in [0.717, 1.165) is 12.8 Å². The number of pyridine rings is 1. The molecule has 1 aromatic heterocycles. The summed E-state index contributed by atoms with van der Waals surface area (Å²) in [4.78, 5) is 3.75. The van der Waals surface area contributed by atoms with Crippen LogP contribution in [-0.2, 0) is 10.0 Å². The van der Waals surface area contributed by atoms with E-state index in [-0.39, 0.29) is 20.6 Å². The maximum Gasteiger partial charge on any atom is 0.242 e. The maximum absolute atomic E-state index is 11.9. The van der Waals surface area contributed by atoms with E-state index in [9.17, 15) is 8.42 Å². The van der Waals surface area contributed by atoms with Crippen LogP contribution in [0.3, 0.4) is 0 Å². The first-order chi connectivity index (χ1) is 7.32.